The first-order valence-corrected chi connectivity index (χ1v) is 12.0. The quantitative estimate of drug-likeness (QED) is 0.502. The predicted molar refractivity (Wildman–Crippen MR) is 130 cm³/mol. The lowest BCUT2D eigenvalue weighted by atomic mass is 9.94. The number of ether oxygens (including phenoxy) is 4. The molecule has 1 saturated heterocycles. The topological polar surface area (TPSA) is 94.5 Å². The fraction of sp³-hybridized carbons (Fsp3) is 0.593. The van der Waals surface area contributed by atoms with Gasteiger partial charge in [-0.3, -0.25) is 0 Å². The minimum absolute atomic E-state index is 0.0185. The fourth-order valence-electron chi connectivity index (χ4n) is 4.29. The monoisotopic (exact) mass is 474 g/mol. The first-order valence-electron chi connectivity index (χ1n) is 12.0. The molecule has 0 amide bonds. The molecule has 6 atom stereocenters. The second-order valence-electron chi connectivity index (χ2n) is 9.84. The highest BCUT2D eigenvalue weighted by atomic mass is 16.8. The lowest BCUT2D eigenvalue weighted by Crippen LogP contribution is -2.29. The number of aliphatic hydroxyl groups excluding tert-OH is 2. The molecular weight excluding hydrogens is 436 g/mol. The van der Waals surface area contributed by atoms with Crippen molar-refractivity contribution < 1.29 is 34.0 Å². The van der Waals surface area contributed by atoms with Gasteiger partial charge < -0.3 is 29.2 Å². The van der Waals surface area contributed by atoms with Crippen LogP contribution in [0.3, 0.4) is 0 Å². The Bertz CT molecular complexity index is 920. The highest BCUT2D eigenvalue weighted by molar-refractivity contribution is 5.95. The fourth-order valence-corrected chi connectivity index (χ4v) is 4.29. The maximum atomic E-state index is 13.2. The van der Waals surface area contributed by atoms with Gasteiger partial charge in [0, 0.05) is 11.8 Å². The summed E-state index contributed by atoms with van der Waals surface area (Å²) in [5.41, 5.74) is 1.84. The van der Waals surface area contributed by atoms with Crippen molar-refractivity contribution in [1.82, 2.24) is 0 Å². The number of benzene rings is 1. The number of hydrogen-bond donors (Lipinski definition) is 2. The normalized spacial score (nSPS) is 31.1. The first-order chi connectivity index (χ1) is 16.0. The molecule has 0 bridgehead atoms. The average molecular weight is 475 g/mol. The van der Waals surface area contributed by atoms with Crippen molar-refractivity contribution >= 4 is 12.0 Å². The van der Waals surface area contributed by atoms with Gasteiger partial charge in [0.05, 0.1) is 24.4 Å². The van der Waals surface area contributed by atoms with Crippen LogP contribution in [0.1, 0.15) is 62.5 Å². The Morgan fingerprint density at radius 2 is 1.85 bits per heavy atom. The van der Waals surface area contributed by atoms with Crippen molar-refractivity contribution in [1.29, 1.82) is 0 Å². The van der Waals surface area contributed by atoms with Crippen molar-refractivity contribution in [2.24, 2.45) is 11.8 Å². The van der Waals surface area contributed by atoms with Gasteiger partial charge in [-0.1, -0.05) is 38.2 Å². The van der Waals surface area contributed by atoms with Crippen molar-refractivity contribution in [3.63, 3.8) is 0 Å². The molecule has 0 aliphatic carbocycles. The van der Waals surface area contributed by atoms with Crippen molar-refractivity contribution in [2.75, 3.05) is 13.2 Å². The molecule has 0 radical (unpaired) electrons. The third kappa shape index (κ3) is 6.48. The molecule has 1 fully saturated rings. The van der Waals surface area contributed by atoms with E-state index in [1.165, 1.54) is 0 Å². The first kappa shape index (κ1) is 26.4. The Kier molecular flexibility index (Phi) is 8.57. The molecule has 7 nitrogen and oxygen atoms in total. The van der Waals surface area contributed by atoms with Crippen LogP contribution in [0.15, 0.2) is 30.4 Å². The minimum Gasteiger partial charge on any atom is -0.491 e. The average Bonchev–Trinajstić information content (AvgIpc) is 3.08. The molecule has 2 aliphatic rings. The van der Waals surface area contributed by atoms with Crippen molar-refractivity contribution in [3.8, 4) is 5.75 Å². The predicted octanol–water partition coefficient (Wildman–Crippen LogP) is 4.04. The Morgan fingerprint density at radius 3 is 2.56 bits per heavy atom. The standard InChI is InChI=1S/C27H38O7/c1-16-10-11-17(2)25-23(33-27(5,6)34-25)9-7-8-20-13-22(31-15-21(29)14-28)12-18(3)24(20)26(30)32-19(16)4/h7-8,10-13,16-17,19,21,23,25,28-29H,9,14-15H2,1-6H3/b8-7?,11-10-/t16-,17-,19+,21-,23+,25?/m1/s1. The minimum atomic E-state index is -0.980. The van der Waals surface area contributed by atoms with Gasteiger partial charge in [-0.05, 0) is 57.4 Å². The molecule has 2 aliphatic heterocycles. The molecule has 0 spiro atoms. The van der Waals surface area contributed by atoms with Crippen LogP contribution in [0, 0.1) is 18.8 Å². The van der Waals surface area contributed by atoms with E-state index in [2.05, 4.69) is 19.1 Å². The summed E-state index contributed by atoms with van der Waals surface area (Å²) < 4.78 is 23.9. The largest absolute Gasteiger partial charge is 0.491 e. The Balaban J connectivity index is 1.99. The zero-order valence-electron chi connectivity index (χ0n) is 21.0. The summed E-state index contributed by atoms with van der Waals surface area (Å²) in [4.78, 5) is 13.2. The summed E-state index contributed by atoms with van der Waals surface area (Å²) in [6.07, 6.45) is 7.14. The number of fused-ring (bicyclic) bond motifs is 2. The van der Waals surface area contributed by atoms with Crippen LogP contribution in [-0.2, 0) is 14.2 Å². The van der Waals surface area contributed by atoms with Crippen LogP contribution in [0.5, 0.6) is 5.75 Å². The summed E-state index contributed by atoms with van der Waals surface area (Å²) in [6.45, 7) is 11.3. The van der Waals surface area contributed by atoms with Crippen molar-refractivity contribution in [3.05, 3.63) is 47.1 Å². The van der Waals surface area contributed by atoms with E-state index in [0.29, 0.717) is 28.9 Å². The van der Waals surface area contributed by atoms with Crippen LogP contribution < -0.4 is 4.74 Å². The van der Waals surface area contributed by atoms with Crippen molar-refractivity contribution in [2.45, 2.75) is 78.2 Å². The number of carbonyl (C=O) groups excluding carboxylic acids is 1. The van der Waals surface area contributed by atoms with E-state index in [4.69, 9.17) is 24.1 Å². The Hall–Kier alpha value is -2.19. The summed E-state index contributed by atoms with van der Waals surface area (Å²) in [7, 11) is 0. The van der Waals surface area contributed by atoms with E-state index in [9.17, 15) is 9.90 Å². The van der Waals surface area contributed by atoms with Gasteiger partial charge in [-0.25, -0.2) is 4.79 Å². The third-order valence-corrected chi connectivity index (χ3v) is 6.35. The summed E-state index contributed by atoms with van der Waals surface area (Å²) in [5, 5.41) is 18.7. The Labute approximate surface area is 202 Å². The van der Waals surface area contributed by atoms with E-state index in [1.54, 1.807) is 12.1 Å². The van der Waals surface area contributed by atoms with Crippen LogP contribution in [-0.4, -0.2) is 59.6 Å². The molecule has 34 heavy (non-hydrogen) atoms. The maximum Gasteiger partial charge on any atom is 0.339 e. The zero-order chi connectivity index (χ0) is 25.0. The molecule has 2 N–H and O–H groups in total. The summed E-state index contributed by atoms with van der Waals surface area (Å²) in [6, 6.07) is 3.49. The van der Waals surface area contributed by atoms with E-state index < -0.39 is 17.9 Å². The number of hydrogen-bond acceptors (Lipinski definition) is 7. The van der Waals surface area contributed by atoms with Crippen LogP contribution in [0.4, 0.5) is 0 Å². The molecular formula is C27H38O7. The van der Waals surface area contributed by atoms with E-state index >= 15 is 0 Å². The van der Waals surface area contributed by atoms with Gasteiger partial charge in [-0.2, -0.15) is 0 Å². The summed E-state index contributed by atoms with van der Waals surface area (Å²) >= 11 is 0. The zero-order valence-corrected chi connectivity index (χ0v) is 21.0. The van der Waals surface area contributed by atoms with Crippen LogP contribution in [0.25, 0.3) is 6.08 Å². The molecule has 1 unspecified atom stereocenters. The van der Waals surface area contributed by atoms with Gasteiger partial charge in [0.1, 0.15) is 24.6 Å². The number of rotatable bonds is 4. The SMILES string of the molecule is Cc1cc(OC[C@H](O)CO)cc2c1C(=O)O[C@@H](C)[C@H](C)/C=C\[C@@H](C)C1OC(C)(C)O[C@H]1CC=C2. The van der Waals surface area contributed by atoms with E-state index in [0.717, 1.165) is 0 Å². The smallest absolute Gasteiger partial charge is 0.339 e. The number of aryl methyl sites for hydroxylation is 1. The number of esters is 1. The Morgan fingerprint density at radius 1 is 1.15 bits per heavy atom. The molecule has 0 saturated carbocycles. The van der Waals surface area contributed by atoms with Gasteiger partial charge in [0.2, 0.25) is 0 Å². The van der Waals surface area contributed by atoms with Crippen LogP contribution >= 0.6 is 0 Å². The molecule has 1 aromatic carbocycles. The number of aliphatic hydroxyl groups is 2. The molecule has 3 rings (SSSR count). The van der Waals surface area contributed by atoms with Gasteiger partial charge in [-0.15, -0.1) is 0 Å². The van der Waals surface area contributed by atoms with Gasteiger partial charge in [0.15, 0.2) is 5.79 Å². The van der Waals surface area contributed by atoms with E-state index in [1.807, 2.05) is 46.8 Å². The maximum absolute atomic E-state index is 13.2. The number of carbonyl (C=O) groups is 1. The summed E-state index contributed by atoms with van der Waals surface area (Å²) in [5.74, 6) is -0.414. The lowest BCUT2D eigenvalue weighted by Gasteiger charge is -2.23. The van der Waals surface area contributed by atoms with Crippen LogP contribution in [0.2, 0.25) is 0 Å². The second-order valence-corrected chi connectivity index (χ2v) is 9.84. The van der Waals surface area contributed by atoms with E-state index in [-0.39, 0.29) is 43.4 Å². The molecule has 2 heterocycles. The van der Waals surface area contributed by atoms with Gasteiger partial charge in [0.25, 0.3) is 0 Å². The third-order valence-electron chi connectivity index (χ3n) is 6.35. The molecule has 1 aromatic rings. The number of cyclic esters (lactones) is 1. The highest BCUT2D eigenvalue weighted by Gasteiger charge is 2.42. The highest BCUT2D eigenvalue weighted by Crippen LogP contribution is 2.35. The molecule has 188 valence electrons. The molecule has 7 heteroatoms. The molecule has 0 aromatic heterocycles. The van der Waals surface area contributed by atoms with Gasteiger partial charge >= 0.3 is 5.97 Å². The second kappa shape index (κ2) is 11.0. The lowest BCUT2D eigenvalue weighted by molar-refractivity contribution is -0.148.